The molecule has 2 amide bonds. The van der Waals surface area contributed by atoms with Crippen molar-refractivity contribution in [2.75, 3.05) is 13.1 Å². The number of aliphatic carboxylic acids is 1. The quantitative estimate of drug-likeness (QED) is 0.669. The van der Waals surface area contributed by atoms with Crippen LogP contribution in [0.15, 0.2) is 6.20 Å². The molecule has 0 spiro atoms. The number of carboxylic acids is 1. The number of carboxylic acid groups (broad SMARTS) is 1. The Hall–Kier alpha value is -2.45. The number of nitrogens with zero attached hydrogens (tertiary/aromatic N) is 4. The van der Waals surface area contributed by atoms with Crippen molar-refractivity contribution in [2.24, 2.45) is 11.7 Å². The summed E-state index contributed by atoms with van der Waals surface area (Å²) < 4.78 is 1.07. The van der Waals surface area contributed by atoms with E-state index >= 15 is 0 Å². The van der Waals surface area contributed by atoms with E-state index in [2.05, 4.69) is 10.3 Å². The minimum absolute atomic E-state index is 0.0615. The summed E-state index contributed by atoms with van der Waals surface area (Å²) in [6.45, 7) is 0.336. The van der Waals surface area contributed by atoms with Gasteiger partial charge >= 0.3 is 5.97 Å². The lowest BCUT2D eigenvalue weighted by molar-refractivity contribution is -0.138. The van der Waals surface area contributed by atoms with E-state index in [4.69, 9.17) is 10.8 Å². The van der Waals surface area contributed by atoms with Crippen LogP contribution in [-0.4, -0.2) is 55.9 Å². The predicted octanol–water partition coefficient (Wildman–Crippen LogP) is -1.69. The average Bonchev–Trinajstić information content (AvgIpc) is 2.95. The molecular formula is C10H13N5O4. The summed E-state index contributed by atoms with van der Waals surface area (Å²) in [5.74, 6) is -2.21. The molecule has 19 heavy (non-hydrogen) atoms. The van der Waals surface area contributed by atoms with Crippen LogP contribution < -0.4 is 5.73 Å². The molecule has 0 aromatic carbocycles. The average molecular weight is 267 g/mol. The lowest BCUT2D eigenvalue weighted by Crippen LogP contribution is -2.32. The van der Waals surface area contributed by atoms with Crippen LogP contribution in [0.1, 0.15) is 16.9 Å². The highest BCUT2D eigenvalue weighted by Crippen LogP contribution is 2.17. The van der Waals surface area contributed by atoms with Gasteiger partial charge in [-0.15, -0.1) is 5.10 Å². The number of hydrogen-bond donors (Lipinski definition) is 2. The molecular weight excluding hydrogens is 254 g/mol. The first-order valence-electron chi connectivity index (χ1n) is 5.68. The third kappa shape index (κ3) is 2.87. The topological polar surface area (TPSA) is 131 Å². The molecule has 1 atom stereocenters. The van der Waals surface area contributed by atoms with Crippen molar-refractivity contribution < 1.29 is 19.5 Å². The maximum Gasteiger partial charge on any atom is 0.325 e. The summed E-state index contributed by atoms with van der Waals surface area (Å²) in [7, 11) is 0. The minimum atomic E-state index is -1.07. The molecule has 1 aliphatic rings. The number of aromatic nitrogens is 3. The normalized spacial score (nSPS) is 18.5. The van der Waals surface area contributed by atoms with Crippen LogP contribution >= 0.6 is 0 Å². The highest BCUT2D eigenvalue weighted by molar-refractivity contribution is 5.92. The molecule has 2 rings (SSSR count). The van der Waals surface area contributed by atoms with Crippen LogP contribution in [0.4, 0.5) is 0 Å². The van der Waals surface area contributed by atoms with Crippen LogP contribution in [0.3, 0.4) is 0 Å². The fourth-order valence-electron chi connectivity index (χ4n) is 1.95. The first-order valence-corrected chi connectivity index (χ1v) is 5.68. The molecule has 9 nitrogen and oxygen atoms in total. The Labute approximate surface area is 108 Å². The minimum Gasteiger partial charge on any atom is -0.480 e. The molecule has 1 aromatic rings. The van der Waals surface area contributed by atoms with Crippen LogP contribution in [0.2, 0.25) is 0 Å². The Morgan fingerprint density at radius 1 is 1.47 bits per heavy atom. The van der Waals surface area contributed by atoms with E-state index in [1.54, 1.807) is 0 Å². The molecule has 1 unspecified atom stereocenters. The molecule has 9 heteroatoms. The number of carbonyl (C=O) groups is 3. The van der Waals surface area contributed by atoms with Gasteiger partial charge in [0, 0.05) is 13.1 Å². The Bertz CT molecular complexity index is 526. The Kier molecular flexibility index (Phi) is 3.45. The van der Waals surface area contributed by atoms with Crippen LogP contribution in [-0.2, 0) is 16.1 Å². The van der Waals surface area contributed by atoms with Gasteiger partial charge in [-0.2, -0.15) is 0 Å². The molecule has 1 aliphatic heterocycles. The van der Waals surface area contributed by atoms with Crippen molar-refractivity contribution in [1.82, 2.24) is 19.9 Å². The maximum absolute atomic E-state index is 12.0. The first-order chi connectivity index (χ1) is 8.97. The van der Waals surface area contributed by atoms with E-state index in [-0.39, 0.29) is 30.6 Å². The van der Waals surface area contributed by atoms with Crippen molar-refractivity contribution in [3.63, 3.8) is 0 Å². The maximum atomic E-state index is 12.0. The zero-order chi connectivity index (χ0) is 14.0. The van der Waals surface area contributed by atoms with Crippen molar-refractivity contribution >= 4 is 17.8 Å². The van der Waals surface area contributed by atoms with Gasteiger partial charge in [-0.05, 0) is 6.42 Å². The van der Waals surface area contributed by atoms with Gasteiger partial charge < -0.3 is 15.7 Å². The Morgan fingerprint density at radius 3 is 2.79 bits per heavy atom. The van der Waals surface area contributed by atoms with E-state index < -0.39 is 11.9 Å². The van der Waals surface area contributed by atoms with Gasteiger partial charge in [-0.1, -0.05) is 5.21 Å². The monoisotopic (exact) mass is 267 g/mol. The van der Waals surface area contributed by atoms with E-state index in [9.17, 15) is 14.4 Å². The van der Waals surface area contributed by atoms with E-state index in [1.165, 1.54) is 11.1 Å². The summed E-state index contributed by atoms with van der Waals surface area (Å²) in [6.07, 6.45) is 1.80. The Balaban J connectivity index is 2.02. The van der Waals surface area contributed by atoms with Crippen LogP contribution in [0.25, 0.3) is 0 Å². The number of likely N-dealkylation sites (tertiary alicyclic amines) is 1. The molecule has 2 heterocycles. The molecule has 1 aromatic heterocycles. The molecule has 0 saturated carbocycles. The zero-order valence-electron chi connectivity index (χ0n) is 10.0. The van der Waals surface area contributed by atoms with Crippen molar-refractivity contribution in [3.8, 4) is 0 Å². The number of primary amides is 1. The SMILES string of the molecule is NC(=O)C1CCN(C(=O)c2cn(CC(=O)O)nn2)C1. The standard InChI is InChI=1S/C10H13N5O4/c11-9(18)6-1-2-14(3-6)10(19)7-4-15(13-12-7)5-8(16)17/h4,6H,1-3,5H2,(H2,11,18)(H,16,17). The number of amides is 2. The predicted molar refractivity (Wildman–Crippen MR) is 60.9 cm³/mol. The van der Waals surface area contributed by atoms with E-state index in [0.717, 1.165) is 4.68 Å². The number of hydrogen-bond acceptors (Lipinski definition) is 5. The van der Waals surface area contributed by atoms with Gasteiger partial charge in [0.05, 0.1) is 12.1 Å². The molecule has 0 bridgehead atoms. The van der Waals surface area contributed by atoms with Gasteiger partial charge in [-0.3, -0.25) is 14.4 Å². The van der Waals surface area contributed by atoms with Gasteiger partial charge in [0.25, 0.3) is 5.91 Å². The second kappa shape index (κ2) is 5.04. The molecule has 102 valence electrons. The van der Waals surface area contributed by atoms with Crippen molar-refractivity contribution in [3.05, 3.63) is 11.9 Å². The number of carbonyl (C=O) groups excluding carboxylic acids is 2. The highest BCUT2D eigenvalue weighted by Gasteiger charge is 2.31. The summed E-state index contributed by atoms with van der Waals surface area (Å²) >= 11 is 0. The molecule has 1 saturated heterocycles. The fraction of sp³-hybridized carbons (Fsp3) is 0.500. The third-order valence-corrected chi connectivity index (χ3v) is 2.93. The van der Waals surface area contributed by atoms with Gasteiger partial charge in [0.2, 0.25) is 5.91 Å². The molecule has 0 aliphatic carbocycles. The molecule has 0 radical (unpaired) electrons. The van der Waals surface area contributed by atoms with Crippen molar-refractivity contribution in [1.29, 1.82) is 0 Å². The molecule has 1 fully saturated rings. The summed E-state index contributed by atoms with van der Waals surface area (Å²) in [5, 5.41) is 15.8. The summed E-state index contributed by atoms with van der Waals surface area (Å²) in [4.78, 5) is 35.0. The molecule has 3 N–H and O–H groups in total. The Morgan fingerprint density at radius 2 is 2.21 bits per heavy atom. The largest absolute Gasteiger partial charge is 0.480 e. The lowest BCUT2D eigenvalue weighted by atomic mass is 10.1. The highest BCUT2D eigenvalue weighted by atomic mass is 16.4. The number of nitrogens with two attached hydrogens (primary N) is 1. The summed E-state index contributed by atoms with van der Waals surface area (Å²) in [6, 6.07) is 0. The summed E-state index contributed by atoms with van der Waals surface area (Å²) in [5.41, 5.74) is 5.24. The van der Waals surface area contributed by atoms with Gasteiger partial charge in [0.1, 0.15) is 6.54 Å². The first kappa shape index (κ1) is 13.0. The van der Waals surface area contributed by atoms with Crippen LogP contribution in [0.5, 0.6) is 0 Å². The number of rotatable bonds is 4. The smallest absolute Gasteiger partial charge is 0.325 e. The fourth-order valence-corrected chi connectivity index (χ4v) is 1.95. The van der Waals surface area contributed by atoms with E-state index in [1.807, 2.05) is 0 Å². The van der Waals surface area contributed by atoms with E-state index in [0.29, 0.717) is 13.0 Å². The second-order valence-electron chi connectivity index (χ2n) is 4.33. The third-order valence-electron chi connectivity index (χ3n) is 2.93. The lowest BCUT2D eigenvalue weighted by Gasteiger charge is -2.13. The second-order valence-corrected chi connectivity index (χ2v) is 4.33. The zero-order valence-corrected chi connectivity index (χ0v) is 10.0. The van der Waals surface area contributed by atoms with Gasteiger partial charge in [0.15, 0.2) is 5.69 Å². The van der Waals surface area contributed by atoms with Gasteiger partial charge in [-0.25, -0.2) is 4.68 Å². The van der Waals surface area contributed by atoms with Crippen molar-refractivity contribution in [2.45, 2.75) is 13.0 Å². The van der Waals surface area contributed by atoms with Crippen LogP contribution in [0, 0.1) is 5.92 Å².